The van der Waals surface area contributed by atoms with Crippen LogP contribution in [0.2, 0.25) is 0 Å². The summed E-state index contributed by atoms with van der Waals surface area (Å²) in [4.78, 5) is 16.5. The third kappa shape index (κ3) is 6.01. The van der Waals surface area contributed by atoms with Crippen LogP contribution in [0, 0.1) is 6.92 Å². The first-order valence-electron chi connectivity index (χ1n) is 8.00. The lowest BCUT2D eigenvalue weighted by Crippen LogP contribution is -2.08. The first-order chi connectivity index (χ1) is 11.7. The van der Waals surface area contributed by atoms with Crippen LogP contribution in [0.1, 0.15) is 28.2 Å². The molecule has 128 valence electrons. The van der Waals surface area contributed by atoms with Crippen molar-refractivity contribution < 1.29 is 19.0 Å². The first-order valence-corrected chi connectivity index (χ1v) is 8.00. The molecular weight excluding hydrogens is 306 g/mol. The third-order valence-corrected chi connectivity index (χ3v) is 3.38. The minimum atomic E-state index is -0.343. The molecule has 2 aromatic rings. The van der Waals surface area contributed by atoms with E-state index >= 15 is 0 Å². The molecule has 5 nitrogen and oxygen atoms in total. The highest BCUT2D eigenvalue weighted by Crippen LogP contribution is 2.14. The van der Waals surface area contributed by atoms with Crippen LogP contribution < -0.4 is 4.74 Å². The lowest BCUT2D eigenvalue weighted by atomic mass is 10.2. The monoisotopic (exact) mass is 329 g/mol. The van der Waals surface area contributed by atoms with Gasteiger partial charge in [-0.25, -0.2) is 4.79 Å². The van der Waals surface area contributed by atoms with E-state index in [0.29, 0.717) is 31.1 Å². The van der Waals surface area contributed by atoms with Gasteiger partial charge in [0.25, 0.3) is 0 Å². The molecule has 0 aliphatic rings. The van der Waals surface area contributed by atoms with Crippen molar-refractivity contribution in [2.75, 3.05) is 26.9 Å². The number of nitrogens with zero attached hydrogens (tertiary/aromatic N) is 1. The van der Waals surface area contributed by atoms with Crippen LogP contribution in [-0.2, 0) is 15.9 Å². The van der Waals surface area contributed by atoms with Crippen LogP contribution in [0.4, 0.5) is 0 Å². The van der Waals surface area contributed by atoms with Gasteiger partial charge in [0, 0.05) is 18.5 Å². The molecule has 0 aliphatic heterocycles. The molecule has 0 bridgehead atoms. The van der Waals surface area contributed by atoms with Crippen molar-refractivity contribution in [2.24, 2.45) is 0 Å². The van der Waals surface area contributed by atoms with Gasteiger partial charge in [0.1, 0.15) is 12.4 Å². The number of hydrogen-bond acceptors (Lipinski definition) is 5. The van der Waals surface area contributed by atoms with Gasteiger partial charge in [0.05, 0.1) is 18.8 Å². The fourth-order valence-corrected chi connectivity index (χ4v) is 2.20. The topological polar surface area (TPSA) is 57.7 Å². The Balaban J connectivity index is 1.76. The summed E-state index contributed by atoms with van der Waals surface area (Å²) in [5.41, 5.74) is 2.49. The fraction of sp³-hybridized carbons (Fsp3) is 0.368. The highest BCUT2D eigenvalue weighted by molar-refractivity contribution is 5.89. The number of hydrogen-bond donors (Lipinski definition) is 0. The van der Waals surface area contributed by atoms with Crippen LogP contribution in [0.15, 0.2) is 42.5 Å². The number of ether oxygens (including phenoxy) is 3. The minimum absolute atomic E-state index is 0.343. The van der Waals surface area contributed by atoms with Crippen molar-refractivity contribution in [2.45, 2.75) is 19.8 Å². The number of aryl methyl sites for hydroxylation is 2. The van der Waals surface area contributed by atoms with Crippen LogP contribution in [0.5, 0.6) is 5.75 Å². The van der Waals surface area contributed by atoms with Crippen LogP contribution in [0.25, 0.3) is 0 Å². The van der Waals surface area contributed by atoms with Crippen molar-refractivity contribution >= 4 is 5.97 Å². The predicted molar refractivity (Wildman–Crippen MR) is 91.4 cm³/mol. The Morgan fingerprint density at radius 3 is 2.71 bits per heavy atom. The lowest BCUT2D eigenvalue weighted by molar-refractivity contribution is 0.0499. The Hall–Kier alpha value is -2.40. The predicted octanol–water partition coefficient (Wildman–Crippen LogP) is 3.20. The molecule has 0 amide bonds. The second kappa shape index (κ2) is 9.67. The van der Waals surface area contributed by atoms with Gasteiger partial charge >= 0.3 is 5.97 Å². The molecule has 0 saturated carbocycles. The molecule has 2 rings (SSSR count). The molecule has 0 spiro atoms. The number of rotatable bonds is 9. The molecule has 0 saturated heterocycles. The summed E-state index contributed by atoms with van der Waals surface area (Å²) in [5.74, 6) is 0.287. The maximum atomic E-state index is 12.1. The van der Waals surface area contributed by atoms with Crippen LogP contribution in [0.3, 0.4) is 0 Å². The van der Waals surface area contributed by atoms with Gasteiger partial charge in [0.2, 0.25) is 0 Å². The van der Waals surface area contributed by atoms with Gasteiger partial charge in [-0.3, -0.25) is 4.98 Å². The van der Waals surface area contributed by atoms with E-state index in [0.717, 1.165) is 24.2 Å². The van der Waals surface area contributed by atoms with Gasteiger partial charge in [-0.1, -0.05) is 12.1 Å². The standard InChI is InChI=1S/C19H23NO4/c1-15-6-3-8-17(20-15)9-5-11-24-19(21)16-7-4-10-18(14-16)23-13-12-22-2/h3-4,6-8,10,14H,5,9,11-13H2,1-2H3. The summed E-state index contributed by atoms with van der Waals surface area (Å²) in [6.07, 6.45) is 1.53. The quantitative estimate of drug-likeness (QED) is 0.522. The summed E-state index contributed by atoms with van der Waals surface area (Å²) in [6, 6.07) is 12.9. The van der Waals surface area contributed by atoms with Gasteiger partial charge in [-0.05, 0) is 50.1 Å². The second-order valence-electron chi connectivity index (χ2n) is 5.38. The maximum Gasteiger partial charge on any atom is 0.338 e. The van der Waals surface area contributed by atoms with Crippen molar-refractivity contribution in [3.05, 3.63) is 59.4 Å². The molecule has 5 heteroatoms. The summed E-state index contributed by atoms with van der Waals surface area (Å²) in [5, 5.41) is 0. The molecule has 24 heavy (non-hydrogen) atoms. The Kier molecular flexibility index (Phi) is 7.23. The van der Waals surface area contributed by atoms with Crippen molar-refractivity contribution in [1.82, 2.24) is 4.98 Å². The molecule has 0 unspecified atom stereocenters. The maximum absolute atomic E-state index is 12.1. The average Bonchev–Trinajstić information content (AvgIpc) is 2.59. The van der Waals surface area contributed by atoms with Gasteiger partial charge in [-0.2, -0.15) is 0 Å². The number of methoxy groups -OCH3 is 1. The zero-order chi connectivity index (χ0) is 17.2. The molecular formula is C19H23NO4. The number of pyridine rings is 1. The number of benzene rings is 1. The minimum Gasteiger partial charge on any atom is -0.491 e. The van der Waals surface area contributed by atoms with Crippen molar-refractivity contribution in [1.29, 1.82) is 0 Å². The third-order valence-electron chi connectivity index (χ3n) is 3.38. The van der Waals surface area contributed by atoms with Crippen LogP contribution in [-0.4, -0.2) is 37.9 Å². The van der Waals surface area contributed by atoms with Gasteiger partial charge in [0.15, 0.2) is 0 Å². The fourth-order valence-electron chi connectivity index (χ4n) is 2.20. The summed E-state index contributed by atoms with van der Waals surface area (Å²) < 4.78 is 15.7. The molecule has 1 aromatic carbocycles. The molecule has 1 aromatic heterocycles. The molecule has 0 atom stereocenters. The SMILES string of the molecule is COCCOc1cccc(C(=O)OCCCc2cccc(C)n2)c1. The Labute approximate surface area is 142 Å². The Morgan fingerprint density at radius 2 is 1.92 bits per heavy atom. The van der Waals surface area contributed by atoms with Crippen molar-refractivity contribution in [3.63, 3.8) is 0 Å². The van der Waals surface area contributed by atoms with Crippen molar-refractivity contribution in [3.8, 4) is 5.75 Å². The Bertz CT molecular complexity index is 657. The smallest absolute Gasteiger partial charge is 0.338 e. The first kappa shape index (κ1) is 17.9. The summed E-state index contributed by atoms with van der Waals surface area (Å²) in [7, 11) is 1.61. The molecule has 0 radical (unpaired) electrons. The van der Waals surface area contributed by atoms with E-state index < -0.39 is 0 Å². The van der Waals surface area contributed by atoms with E-state index in [1.165, 1.54) is 0 Å². The number of aromatic nitrogens is 1. The van der Waals surface area contributed by atoms with E-state index in [1.54, 1.807) is 31.4 Å². The highest BCUT2D eigenvalue weighted by atomic mass is 16.5. The number of esters is 1. The van der Waals surface area contributed by atoms with E-state index in [9.17, 15) is 4.79 Å². The zero-order valence-corrected chi connectivity index (χ0v) is 14.2. The lowest BCUT2D eigenvalue weighted by Gasteiger charge is -2.08. The molecule has 0 fully saturated rings. The average molecular weight is 329 g/mol. The molecule has 0 aliphatic carbocycles. The van der Waals surface area contributed by atoms with E-state index in [-0.39, 0.29) is 5.97 Å². The van der Waals surface area contributed by atoms with E-state index in [2.05, 4.69) is 4.98 Å². The molecule has 0 N–H and O–H groups in total. The van der Waals surface area contributed by atoms with Crippen LogP contribution >= 0.6 is 0 Å². The second-order valence-corrected chi connectivity index (χ2v) is 5.38. The number of carbonyl (C=O) groups excluding carboxylic acids is 1. The van der Waals surface area contributed by atoms with E-state index in [4.69, 9.17) is 14.2 Å². The van der Waals surface area contributed by atoms with Gasteiger partial charge in [-0.15, -0.1) is 0 Å². The molecule has 1 heterocycles. The largest absolute Gasteiger partial charge is 0.491 e. The summed E-state index contributed by atoms with van der Waals surface area (Å²) in [6.45, 7) is 3.27. The number of carbonyl (C=O) groups is 1. The van der Waals surface area contributed by atoms with Gasteiger partial charge < -0.3 is 14.2 Å². The summed E-state index contributed by atoms with van der Waals surface area (Å²) >= 11 is 0. The normalized spacial score (nSPS) is 10.4. The van der Waals surface area contributed by atoms with E-state index in [1.807, 2.05) is 25.1 Å². The zero-order valence-electron chi connectivity index (χ0n) is 14.2. The Morgan fingerprint density at radius 1 is 1.08 bits per heavy atom. The highest BCUT2D eigenvalue weighted by Gasteiger charge is 2.08.